The van der Waals surface area contributed by atoms with E-state index in [4.69, 9.17) is 14.2 Å². The lowest BCUT2D eigenvalue weighted by Gasteiger charge is -2.15. The summed E-state index contributed by atoms with van der Waals surface area (Å²) < 4.78 is 15.8. The number of hydrogen-bond acceptors (Lipinski definition) is 5. The maximum absolute atomic E-state index is 11.9. The van der Waals surface area contributed by atoms with Crippen LogP contribution in [0.1, 0.15) is 51.0 Å². The number of hydrogen-bond donors (Lipinski definition) is 1. The molecule has 27 heavy (non-hydrogen) atoms. The van der Waals surface area contributed by atoms with Gasteiger partial charge >= 0.3 is 5.97 Å². The van der Waals surface area contributed by atoms with Crippen LogP contribution in [0.2, 0.25) is 0 Å². The van der Waals surface area contributed by atoms with E-state index in [2.05, 4.69) is 5.32 Å². The Morgan fingerprint density at radius 2 is 1.89 bits per heavy atom. The second kappa shape index (κ2) is 11.3. The first-order valence-electron chi connectivity index (χ1n) is 9.57. The van der Waals surface area contributed by atoms with E-state index in [0.717, 1.165) is 31.2 Å². The van der Waals surface area contributed by atoms with Gasteiger partial charge in [0, 0.05) is 12.1 Å². The molecule has 0 spiro atoms. The molecule has 0 radical (unpaired) electrons. The third kappa shape index (κ3) is 7.33. The van der Waals surface area contributed by atoms with Crippen LogP contribution in [-0.2, 0) is 14.3 Å². The van der Waals surface area contributed by atoms with Gasteiger partial charge in [-0.15, -0.1) is 0 Å². The van der Waals surface area contributed by atoms with E-state index in [1.54, 1.807) is 25.3 Å². The summed E-state index contributed by atoms with van der Waals surface area (Å²) in [4.78, 5) is 23.8. The zero-order valence-electron chi connectivity index (χ0n) is 16.2. The summed E-state index contributed by atoms with van der Waals surface area (Å²) in [5, 5.41) is 2.95. The first kappa shape index (κ1) is 20.8. The van der Waals surface area contributed by atoms with Crippen molar-refractivity contribution in [3.8, 4) is 11.5 Å². The predicted molar refractivity (Wildman–Crippen MR) is 104 cm³/mol. The van der Waals surface area contributed by atoms with Crippen LogP contribution >= 0.6 is 0 Å². The van der Waals surface area contributed by atoms with Crippen molar-refractivity contribution in [1.82, 2.24) is 5.32 Å². The summed E-state index contributed by atoms with van der Waals surface area (Å²) in [6.07, 6.45) is 9.64. The van der Waals surface area contributed by atoms with Gasteiger partial charge in [0.15, 0.2) is 18.1 Å². The van der Waals surface area contributed by atoms with Crippen LogP contribution in [0.25, 0.3) is 6.08 Å². The molecule has 1 aliphatic carbocycles. The minimum absolute atomic E-state index is 0.200. The van der Waals surface area contributed by atoms with Gasteiger partial charge in [0.2, 0.25) is 0 Å². The Balaban J connectivity index is 1.79. The van der Waals surface area contributed by atoms with Gasteiger partial charge < -0.3 is 19.5 Å². The molecular formula is C21H29NO5. The normalized spacial score (nSPS) is 15.2. The van der Waals surface area contributed by atoms with Crippen molar-refractivity contribution >= 4 is 18.0 Å². The van der Waals surface area contributed by atoms with Gasteiger partial charge in [0.1, 0.15) is 0 Å². The molecule has 148 valence electrons. The zero-order chi connectivity index (χ0) is 19.5. The van der Waals surface area contributed by atoms with E-state index < -0.39 is 5.97 Å². The second-order valence-corrected chi connectivity index (χ2v) is 6.54. The fourth-order valence-electron chi connectivity index (χ4n) is 3.10. The molecule has 0 aromatic heterocycles. The number of carbonyl (C=O) groups is 2. The number of methoxy groups -OCH3 is 1. The smallest absolute Gasteiger partial charge is 0.331 e. The highest BCUT2D eigenvalue weighted by molar-refractivity contribution is 5.89. The molecule has 1 fully saturated rings. The molecule has 1 N–H and O–H groups in total. The molecule has 6 heteroatoms. The molecule has 6 nitrogen and oxygen atoms in total. The second-order valence-electron chi connectivity index (χ2n) is 6.54. The Labute approximate surface area is 160 Å². The average Bonchev–Trinajstić information content (AvgIpc) is 2.94. The summed E-state index contributed by atoms with van der Waals surface area (Å²) in [7, 11) is 1.56. The molecule has 1 saturated carbocycles. The van der Waals surface area contributed by atoms with Crippen molar-refractivity contribution in [3.63, 3.8) is 0 Å². The maximum atomic E-state index is 11.9. The number of benzene rings is 1. The van der Waals surface area contributed by atoms with Crippen molar-refractivity contribution in [2.75, 3.05) is 20.3 Å². The van der Waals surface area contributed by atoms with Crippen molar-refractivity contribution in [2.24, 2.45) is 0 Å². The standard InChI is InChI=1S/C21H29NO5/c1-3-26-18-12-10-16(14-19(18)25-2)11-13-21(24)27-15-20(23)22-17-8-6-4-5-7-9-17/h10-14,17H,3-9,15H2,1-2H3,(H,22,23)/b13-11+. The molecule has 0 aliphatic heterocycles. The fourth-order valence-corrected chi connectivity index (χ4v) is 3.10. The van der Waals surface area contributed by atoms with Gasteiger partial charge in [0.25, 0.3) is 5.91 Å². The van der Waals surface area contributed by atoms with Crippen LogP contribution in [0, 0.1) is 0 Å². The first-order valence-corrected chi connectivity index (χ1v) is 9.57. The summed E-state index contributed by atoms with van der Waals surface area (Å²) in [6, 6.07) is 5.57. The molecule has 0 heterocycles. The number of esters is 1. The summed E-state index contributed by atoms with van der Waals surface area (Å²) in [6.45, 7) is 2.18. The molecule has 1 aromatic carbocycles. The maximum Gasteiger partial charge on any atom is 0.331 e. The van der Waals surface area contributed by atoms with Gasteiger partial charge in [-0.05, 0) is 43.5 Å². The fraction of sp³-hybridized carbons (Fsp3) is 0.524. The molecule has 0 bridgehead atoms. The Hall–Kier alpha value is -2.50. The van der Waals surface area contributed by atoms with Gasteiger partial charge in [-0.25, -0.2) is 4.79 Å². The van der Waals surface area contributed by atoms with Crippen LogP contribution in [0.3, 0.4) is 0 Å². The van der Waals surface area contributed by atoms with Crippen LogP contribution in [0.5, 0.6) is 11.5 Å². The Morgan fingerprint density at radius 3 is 2.56 bits per heavy atom. The van der Waals surface area contributed by atoms with Gasteiger partial charge in [-0.2, -0.15) is 0 Å². The van der Waals surface area contributed by atoms with E-state index in [-0.39, 0.29) is 18.6 Å². The van der Waals surface area contributed by atoms with E-state index in [0.29, 0.717) is 18.1 Å². The highest BCUT2D eigenvalue weighted by Gasteiger charge is 2.15. The largest absolute Gasteiger partial charge is 0.493 e. The number of carbonyl (C=O) groups excluding carboxylic acids is 2. The van der Waals surface area contributed by atoms with Crippen LogP contribution in [0.15, 0.2) is 24.3 Å². The van der Waals surface area contributed by atoms with E-state index >= 15 is 0 Å². The topological polar surface area (TPSA) is 73.9 Å². The van der Waals surface area contributed by atoms with Gasteiger partial charge in [-0.1, -0.05) is 31.7 Å². The molecule has 0 atom stereocenters. The molecule has 1 aliphatic rings. The minimum Gasteiger partial charge on any atom is -0.493 e. The minimum atomic E-state index is -0.557. The van der Waals surface area contributed by atoms with E-state index in [9.17, 15) is 9.59 Å². The Morgan fingerprint density at radius 1 is 1.15 bits per heavy atom. The van der Waals surface area contributed by atoms with Crippen molar-refractivity contribution in [3.05, 3.63) is 29.8 Å². The zero-order valence-corrected chi connectivity index (χ0v) is 16.2. The number of rotatable bonds is 8. The van der Waals surface area contributed by atoms with Crippen molar-refractivity contribution < 1.29 is 23.8 Å². The number of nitrogens with one attached hydrogen (secondary N) is 1. The van der Waals surface area contributed by atoms with Gasteiger partial charge in [-0.3, -0.25) is 4.79 Å². The summed E-state index contributed by atoms with van der Waals surface area (Å²) >= 11 is 0. The van der Waals surface area contributed by atoms with Gasteiger partial charge in [0.05, 0.1) is 13.7 Å². The third-order valence-electron chi connectivity index (χ3n) is 4.47. The van der Waals surface area contributed by atoms with Crippen molar-refractivity contribution in [2.45, 2.75) is 51.5 Å². The van der Waals surface area contributed by atoms with Crippen LogP contribution < -0.4 is 14.8 Å². The van der Waals surface area contributed by atoms with E-state index in [1.165, 1.54) is 18.9 Å². The molecule has 0 saturated heterocycles. The highest BCUT2D eigenvalue weighted by Crippen LogP contribution is 2.28. The van der Waals surface area contributed by atoms with E-state index in [1.807, 2.05) is 13.0 Å². The average molecular weight is 375 g/mol. The quantitative estimate of drug-likeness (QED) is 0.428. The molecule has 1 amide bonds. The molecule has 0 unspecified atom stereocenters. The lowest BCUT2D eigenvalue weighted by molar-refractivity contribution is -0.144. The lowest BCUT2D eigenvalue weighted by Crippen LogP contribution is -2.37. The predicted octanol–water partition coefficient (Wildman–Crippen LogP) is 3.49. The highest BCUT2D eigenvalue weighted by atomic mass is 16.5. The molecular weight excluding hydrogens is 346 g/mol. The van der Waals surface area contributed by atoms with Crippen molar-refractivity contribution in [1.29, 1.82) is 0 Å². The number of ether oxygens (including phenoxy) is 3. The Kier molecular flexibility index (Phi) is 8.68. The lowest BCUT2D eigenvalue weighted by atomic mass is 10.1. The third-order valence-corrected chi connectivity index (χ3v) is 4.47. The monoisotopic (exact) mass is 375 g/mol. The first-order chi connectivity index (χ1) is 13.1. The van der Waals surface area contributed by atoms with Crippen LogP contribution in [0.4, 0.5) is 0 Å². The van der Waals surface area contributed by atoms with Crippen LogP contribution in [-0.4, -0.2) is 38.2 Å². The Bertz CT molecular complexity index is 648. The SMILES string of the molecule is CCOc1ccc(/C=C/C(=O)OCC(=O)NC2CCCCCC2)cc1OC. The summed E-state index contributed by atoms with van der Waals surface area (Å²) in [5.74, 6) is 0.440. The number of amides is 1. The molecule has 1 aromatic rings. The summed E-state index contributed by atoms with van der Waals surface area (Å²) in [5.41, 5.74) is 0.773. The molecule has 2 rings (SSSR count).